The summed E-state index contributed by atoms with van der Waals surface area (Å²) in [7, 11) is 0. The summed E-state index contributed by atoms with van der Waals surface area (Å²) in [6, 6.07) is 22.7. The summed E-state index contributed by atoms with van der Waals surface area (Å²) < 4.78 is 14.7. The van der Waals surface area contributed by atoms with E-state index in [0.29, 0.717) is 12.0 Å². The van der Waals surface area contributed by atoms with Gasteiger partial charge in [0.1, 0.15) is 5.82 Å². The molecule has 5 rings (SSSR count). The lowest BCUT2D eigenvalue weighted by Crippen LogP contribution is -2.40. The Labute approximate surface area is 188 Å². The molecule has 3 aromatic carbocycles. The minimum atomic E-state index is -0.433. The highest BCUT2D eigenvalue weighted by Gasteiger charge is 2.35. The van der Waals surface area contributed by atoms with E-state index in [9.17, 15) is 9.18 Å². The maximum Gasteiger partial charge on any atom is 0.257 e. The first-order chi connectivity index (χ1) is 15.6. The highest BCUT2D eigenvalue weighted by Crippen LogP contribution is 2.34. The fourth-order valence-electron chi connectivity index (χ4n) is 4.60. The van der Waals surface area contributed by atoms with E-state index in [4.69, 9.17) is 5.10 Å². The van der Waals surface area contributed by atoms with Crippen LogP contribution in [-0.2, 0) is 17.8 Å². The van der Waals surface area contributed by atoms with Crippen LogP contribution in [0.15, 0.2) is 77.9 Å². The quantitative estimate of drug-likeness (QED) is 0.596. The van der Waals surface area contributed by atoms with Crippen LogP contribution in [0.2, 0.25) is 0 Å². The Bertz CT molecular complexity index is 1170. The summed E-state index contributed by atoms with van der Waals surface area (Å²) in [5.41, 5.74) is 6.07. The predicted octanol–water partition coefficient (Wildman–Crippen LogP) is 4.87. The summed E-state index contributed by atoms with van der Waals surface area (Å²) >= 11 is 0. The van der Waals surface area contributed by atoms with E-state index in [0.717, 1.165) is 36.3 Å². The van der Waals surface area contributed by atoms with Crippen LogP contribution in [0.5, 0.6) is 0 Å². The number of carbonyl (C=O) groups excluding carboxylic acids is 1. The van der Waals surface area contributed by atoms with Crippen LogP contribution < -0.4 is 0 Å². The Kier molecular flexibility index (Phi) is 5.58. The van der Waals surface area contributed by atoms with Gasteiger partial charge in [-0.25, -0.2) is 9.40 Å². The van der Waals surface area contributed by atoms with E-state index < -0.39 is 6.04 Å². The number of halogens is 1. The largest absolute Gasteiger partial charge is 0.290 e. The van der Waals surface area contributed by atoms with Gasteiger partial charge in [0.2, 0.25) is 0 Å². The molecule has 1 amide bonds. The first-order valence-corrected chi connectivity index (χ1v) is 11.1. The third-order valence-electron chi connectivity index (χ3n) is 6.38. The lowest BCUT2D eigenvalue weighted by molar-refractivity contribution is -0.134. The fraction of sp³-hybridized carbons (Fsp3) is 0.259. The van der Waals surface area contributed by atoms with Gasteiger partial charge < -0.3 is 0 Å². The van der Waals surface area contributed by atoms with Gasteiger partial charge in [-0.3, -0.25) is 9.69 Å². The smallest absolute Gasteiger partial charge is 0.257 e. The van der Waals surface area contributed by atoms with Gasteiger partial charge in [0, 0.05) is 25.1 Å². The molecule has 2 heterocycles. The van der Waals surface area contributed by atoms with Crippen molar-refractivity contribution in [3.8, 4) is 0 Å². The molecule has 0 aliphatic carbocycles. The molecular weight excluding hydrogens is 401 g/mol. The lowest BCUT2D eigenvalue weighted by Gasteiger charge is -2.30. The normalized spacial score (nSPS) is 18.4. The molecule has 32 heavy (non-hydrogen) atoms. The van der Waals surface area contributed by atoms with Crippen LogP contribution in [-0.4, -0.2) is 34.6 Å². The number of nitrogens with zero attached hydrogens (tertiary/aromatic N) is 3. The van der Waals surface area contributed by atoms with Gasteiger partial charge in [-0.1, -0.05) is 72.3 Å². The Balaban J connectivity index is 1.41. The van der Waals surface area contributed by atoms with Crippen molar-refractivity contribution in [1.29, 1.82) is 0 Å². The van der Waals surface area contributed by atoms with Crippen molar-refractivity contribution < 1.29 is 9.18 Å². The van der Waals surface area contributed by atoms with Crippen molar-refractivity contribution >= 4 is 11.6 Å². The summed E-state index contributed by atoms with van der Waals surface area (Å²) in [5.74, 6) is -0.401. The van der Waals surface area contributed by atoms with E-state index in [-0.39, 0.29) is 18.3 Å². The average molecular weight is 428 g/mol. The molecule has 162 valence electrons. The van der Waals surface area contributed by atoms with Crippen LogP contribution in [0.3, 0.4) is 0 Å². The molecule has 0 aromatic heterocycles. The summed E-state index contributed by atoms with van der Waals surface area (Å²) in [6.45, 7) is 3.88. The topological polar surface area (TPSA) is 35.9 Å². The first kappa shape index (κ1) is 20.6. The van der Waals surface area contributed by atoms with Gasteiger partial charge in [-0.15, -0.1) is 0 Å². The van der Waals surface area contributed by atoms with Gasteiger partial charge in [-0.05, 0) is 36.1 Å². The molecule has 5 heteroatoms. The number of aryl methyl sites for hydroxylation is 1. The maximum absolute atomic E-state index is 14.7. The van der Waals surface area contributed by atoms with E-state index in [2.05, 4.69) is 23.1 Å². The summed E-state index contributed by atoms with van der Waals surface area (Å²) in [4.78, 5) is 15.6. The highest BCUT2D eigenvalue weighted by molar-refractivity contribution is 6.03. The summed E-state index contributed by atoms with van der Waals surface area (Å²) in [6.07, 6.45) is 1.43. The zero-order valence-corrected chi connectivity index (χ0v) is 18.2. The zero-order chi connectivity index (χ0) is 22.1. The van der Waals surface area contributed by atoms with Gasteiger partial charge in [-0.2, -0.15) is 5.10 Å². The molecule has 0 saturated heterocycles. The van der Waals surface area contributed by atoms with Crippen molar-refractivity contribution in [2.75, 3.05) is 13.1 Å². The molecule has 0 N–H and O–H groups in total. The highest BCUT2D eigenvalue weighted by atomic mass is 19.1. The molecule has 2 aliphatic heterocycles. The van der Waals surface area contributed by atoms with Crippen LogP contribution in [0, 0.1) is 12.7 Å². The van der Waals surface area contributed by atoms with Crippen LogP contribution in [0.4, 0.5) is 4.39 Å². The molecular formula is C27H26FN3O. The molecule has 2 aliphatic rings. The van der Waals surface area contributed by atoms with Crippen molar-refractivity contribution in [1.82, 2.24) is 9.91 Å². The molecule has 0 radical (unpaired) electrons. The Hall–Kier alpha value is -3.31. The van der Waals surface area contributed by atoms with E-state index in [1.165, 1.54) is 22.2 Å². The third-order valence-corrected chi connectivity index (χ3v) is 6.38. The second-order valence-corrected chi connectivity index (χ2v) is 8.62. The van der Waals surface area contributed by atoms with Crippen molar-refractivity contribution in [3.05, 3.63) is 106 Å². The number of hydrazone groups is 1. The third kappa shape index (κ3) is 4.08. The number of amides is 1. The second-order valence-electron chi connectivity index (χ2n) is 8.62. The van der Waals surface area contributed by atoms with Crippen LogP contribution >= 0.6 is 0 Å². The minimum Gasteiger partial charge on any atom is -0.290 e. The average Bonchev–Trinajstić information content (AvgIpc) is 3.25. The van der Waals surface area contributed by atoms with Gasteiger partial charge in [0.25, 0.3) is 5.91 Å². The van der Waals surface area contributed by atoms with Gasteiger partial charge in [0.15, 0.2) is 0 Å². The van der Waals surface area contributed by atoms with Gasteiger partial charge in [0.05, 0.1) is 18.3 Å². The molecule has 0 spiro atoms. The molecule has 3 aromatic rings. The number of carbonyl (C=O) groups is 1. The van der Waals surface area contributed by atoms with Crippen molar-refractivity contribution in [2.45, 2.75) is 32.4 Å². The Morgan fingerprint density at radius 1 is 1.00 bits per heavy atom. The molecule has 0 saturated carbocycles. The zero-order valence-electron chi connectivity index (χ0n) is 18.2. The number of fused-ring (bicyclic) bond motifs is 1. The molecule has 0 unspecified atom stereocenters. The van der Waals surface area contributed by atoms with E-state index in [1.807, 2.05) is 43.3 Å². The number of benzene rings is 3. The summed E-state index contributed by atoms with van der Waals surface area (Å²) in [5, 5.41) is 6.21. The SMILES string of the molecule is Cc1ccc(C2=NN(C(=O)CN3CCc4ccccc4C3)[C@H](c3ccccc3F)C2)cc1. The van der Waals surface area contributed by atoms with Crippen LogP contribution in [0.25, 0.3) is 0 Å². The number of hydrogen-bond acceptors (Lipinski definition) is 3. The fourth-order valence-corrected chi connectivity index (χ4v) is 4.60. The number of rotatable bonds is 4. The minimum absolute atomic E-state index is 0.0975. The predicted molar refractivity (Wildman–Crippen MR) is 124 cm³/mol. The molecule has 4 nitrogen and oxygen atoms in total. The van der Waals surface area contributed by atoms with Gasteiger partial charge >= 0.3 is 0 Å². The van der Waals surface area contributed by atoms with E-state index >= 15 is 0 Å². The Morgan fingerprint density at radius 2 is 1.72 bits per heavy atom. The molecule has 0 fully saturated rings. The maximum atomic E-state index is 14.7. The van der Waals surface area contributed by atoms with Crippen molar-refractivity contribution in [3.63, 3.8) is 0 Å². The second kappa shape index (κ2) is 8.67. The lowest BCUT2D eigenvalue weighted by atomic mass is 9.97. The molecule has 1 atom stereocenters. The van der Waals surface area contributed by atoms with Crippen LogP contribution in [0.1, 0.15) is 40.3 Å². The Morgan fingerprint density at radius 3 is 2.50 bits per heavy atom. The monoisotopic (exact) mass is 427 g/mol. The number of hydrogen-bond donors (Lipinski definition) is 0. The first-order valence-electron chi connectivity index (χ1n) is 11.1. The molecule has 0 bridgehead atoms. The van der Waals surface area contributed by atoms with E-state index in [1.54, 1.807) is 12.1 Å². The van der Waals surface area contributed by atoms with Crippen molar-refractivity contribution in [2.24, 2.45) is 5.10 Å². The standard InChI is InChI=1S/C27H26FN3O/c1-19-10-12-21(13-11-19)25-16-26(23-8-4-5-9-24(23)28)31(29-25)27(32)18-30-15-14-20-6-2-3-7-22(20)17-30/h2-13,26H,14-18H2,1H3/t26-/m0/s1.